The first kappa shape index (κ1) is 11.4. The molecule has 0 aliphatic carbocycles. The third kappa shape index (κ3) is 3.53. The lowest BCUT2D eigenvalue weighted by atomic mass is 10.4. The number of aliphatic carboxylic acids is 1. The normalized spacial score (nSPS) is 10.0. The first-order chi connectivity index (χ1) is 7.13. The molecule has 0 spiro atoms. The third-order valence-corrected chi connectivity index (χ3v) is 2.04. The van der Waals surface area contributed by atoms with Crippen LogP contribution >= 0.6 is 0 Å². The van der Waals surface area contributed by atoms with Gasteiger partial charge in [0, 0.05) is 25.0 Å². The molecule has 0 bridgehead atoms. The van der Waals surface area contributed by atoms with Crippen molar-refractivity contribution in [1.29, 1.82) is 0 Å². The van der Waals surface area contributed by atoms with Gasteiger partial charge in [-0.25, -0.2) is 9.97 Å². The minimum Gasteiger partial charge on any atom is -0.481 e. The van der Waals surface area contributed by atoms with Gasteiger partial charge in [-0.3, -0.25) is 4.79 Å². The van der Waals surface area contributed by atoms with Crippen molar-refractivity contribution >= 4 is 11.9 Å². The third-order valence-electron chi connectivity index (χ3n) is 2.04. The number of carbonyl (C=O) groups is 1. The Bertz CT molecular complexity index is 341. The molecule has 1 rings (SSSR count). The number of anilines is 1. The van der Waals surface area contributed by atoms with Crippen LogP contribution in [0.1, 0.15) is 19.0 Å². The Kier molecular flexibility index (Phi) is 4.03. The maximum absolute atomic E-state index is 10.5. The summed E-state index contributed by atoms with van der Waals surface area (Å²) in [6.45, 7) is 4.98. The van der Waals surface area contributed by atoms with Crippen molar-refractivity contribution in [2.45, 2.75) is 20.3 Å². The molecule has 0 saturated heterocycles. The highest BCUT2D eigenvalue weighted by atomic mass is 16.4. The second kappa shape index (κ2) is 5.29. The van der Waals surface area contributed by atoms with Crippen molar-refractivity contribution in [1.82, 2.24) is 9.97 Å². The number of rotatable bonds is 5. The fraction of sp³-hybridized carbons (Fsp3) is 0.500. The van der Waals surface area contributed by atoms with Gasteiger partial charge < -0.3 is 10.0 Å². The molecule has 0 fully saturated rings. The predicted octanol–water partition coefficient (Wildman–Crippen LogP) is 1.09. The maximum atomic E-state index is 10.5. The van der Waals surface area contributed by atoms with Crippen molar-refractivity contribution in [3.63, 3.8) is 0 Å². The average molecular weight is 209 g/mol. The van der Waals surface area contributed by atoms with E-state index >= 15 is 0 Å². The maximum Gasteiger partial charge on any atom is 0.305 e. The minimum absolute atomic E-state index is 0.102. The summed E-state index contributed by atoms with van der Waals surface area (Å²) in [5.41, 5.74) is 0.883. The summed E-state index contributed by atoms with van der Waals surface area (Å²) in [5.74, 6) is -0.208. The van der Waals surface area contributed by atoms with E-state index in [1.807, 2.05) is 24.8 Å². The molecule has 0 amide bonds. The summed E-state index contributed by atoms with van der Waals surface area (Å²) < 4.78 is 0. The topological polar surface area (TPSA) is 66.3 Å². The largest absolute Gasteiger partial charge is 0.481 e. The highest BCUT2D eigenvalue weighted by Gasteiger charge is 2.08. The van der Waals surface area contributed by atoms with Crippen molar-refractivity contribution in [2.75, 3.05) is 18.0 Å². The molecule has 1 heterocycles. The van der Waals surface area contributed by atoms with Crippen LogP contribution < -0.4 is 4.90 Å². The van der Waals surface area contributed by atoms with E-state index in [0.29, 0.717) is 19.0 Å². The molecule has 0 unspecified atom stereocenters. The van der Waals surface area contributed by atoms with Gasteiger partial charge in [0.25, 0.3) is 0 Å². The van der Waals surface area contributed by atoms with Gasteiger partial charge in [-0.2, -0.15) is 0 Å². The van der Waals surface area contributed by atoms with E-state index in [-0.39, 0.29) is 6.42 Å². The van der Waals surface area contributed by atoms with Gasteiger partial charge in [0.15, 0.2) is 0 Å². The van der Waals surface area contributed by atoms with Crippen LogP contribution in [0.5, 0.6) is 0 Å². The highest BCUT2D eigenvalue weighted by Crippen LogP contribution is 2.07. The van der Waals surface area contributed by atoms with Crippen LogP contribution in [0.15, 0.2) is 12.3 Å². The van der Waals surface area contributed by atoms with Gasteiger partial charge in [-0.15, -0.1) is 0 Å². The lowest BCUT2D eigenvalue weighted by Crippen LogP contribution is -2.27. The zero-order valence-electron chi connectivity index (χ0n) is 8.97. The lowest BCUT2D eigenvalue weighted by molar-refractivity contribution is -0.136. The summed E-state index contributed by atoms with van der Waals surface area (Å²) in [6.07, 6.45) is 1.78. The second-order valence-electron chi connectivity index (χ2n) is 3.22. The Hall–Kier alpha value is -1.65. The predicted molar refractivity (Wildman–Crippen MR) is 56.9 cm³/mol. The number of hydrogen-bond acceptors (Lipinski definition) is 4. The number of aryl methyl sites for hydroxylation is 1. The molecule has 1 N–H and O–H groups in total. The molecular weight excluding hydrogens is 194 g/mol. The number of nitrogens with zero attached hydrogens (tertiary/aromatic N) is 3. The van der Waals surface area contributed by atoms with E-state index in [4.69, 9.17) is 5.11 Å². The highest BCUT2D eigenvalue weighted by molar-refractivity contribution is 5.67. The first-order valence-corrected chi connectivity index (χ1v) is 4.90. The molecule has 0 aliphatic rings. The van der Waals surface area contributed by atoms with Gasteiger partial charge in [-0.1, -0.05) is 0 Å². The van der Waals surface area contributed by atoms with Crippen molar-refractivity contribution in [2.24, 2.45) is 0 Å². The SMILES string of the molecule is CCN(CCC(=O)O)c1nccc(C)n1. The van der Waals surface area contributed by atoms with E-state index in [1.54, 1.807) is 6.20 Å². The fourth-order valence-electron chi connectivity index (χ4n) is 1.22. The molecule has 15 heavy (non-hydrogen) atoms. The molecular formula is C10H15N3O2. The number of carboxylic acid groups (broad SMARTS) is 1. The van der Waals surface area contributed by atoms with E-state index in [9.17, 15) is 4.79 Å². The van der Waals surface area contributed by atoms with Crippen LogP contribution in [0.3, 0.4) is 0 Å². The molecule has 0 aromatic carbocycles. The summed E-state index contributed by atoms with van der Waals surface area (Å²) >= 11 is 0. The second-order valence-corrected chi connectivity index (χ2v) is 3.22. The Morgan fingerprint density at radius 1 is 1.60 bits per heavy atom. The minimum atomic E-state index is -0.805. The van der Waals surface area contributed by atoms with Crippen molar-refractivity contribution < 1.29 is 9.90 Å². The van der Waals surface area contributed by atoms with Gasteiger partial charge in [0.1, 0.15) is 0 Å². The quantitative estimate of drug-likeness (QED) is 0.786. The van der Waals surface area contributed by atoms with E-state index in [2.05, 4.69) is 9.97 Å². The van der Waals surface area contributed by atoms with E-state index < -0.39 is 5.97 Å². The smallest absolute Gasteiger partial charge is 0.305 e. The Labute approximate surface area is 88.8 Å². The van der Waals surface area contributed by atoms with Crippen LogP contribution in [-0.4, -0.2) is 34.1 Å². The van der Waals surface area contributed by atoms with Crippen LogP contribution in [0.4, 0.5) is 5.95 Å². The molecule has 0 aliphatic heterocycles. The number of carboxylic acids is 1. The van der Waals surface area contributed by atoms with Gasteiger partial charge in [0.05, 0.1) is 6.42 Å². The molecule has 0 saturated carbocycles. The van der Waals surface area contributed by atoms with Crippen molar-refractivity contribution in [3.05, 3.63) is 18.0 Å². The summed E-state index contributed by atoms with van der Waals surface area (Å²) in [7, 11) is 0. The average Bonchev–Trinajstić information content (AvgIpc) is 2.18. The van der Waals surface area contributed by atoms with Gasteiger partial charge in [0.2, 0.25) is 5.95 Å². The Balaban J connectivity index is 2.69. The fourth-order valence-corrected chi connectivity index (χ4v) is 1.22. The van der Waals surface area contributed by atoms with E-state index in [1.165, 1.54) is 0 Å². The Morgan fingerprint density at radius 2 is 2.33 bits per heavy atom. The van der Waals surface area contributed by atoms with Gasteiger partial charge in [-0.05, 0) is 19.9 Å². The van der Waals surface area contributed by atoms with Crippen LogP contribution in [0.25, 0.3) is 0 Å². The first-order valence-electron chi connectivity index (χ1n) is 4.90. The summed E-state index contributed by atoms with van der Waals surface area (Å²) in [6, 6.07) is 1.81. The van der Waals surface area contributed by atoms with Gasteiger partial charge >= 0.3 is 5.97 Å². The molecule has 0 atom stereocenters. The number of aromatic nitrogens is 2. The molecule has 1 aromatic rings. The molecule has 1 aromatic heterocycles. The zero-order valence-corrected chi connectivity index (χ0v) is 8.97. The number of hydrogen-bond donors (Lipinski definition) is 1. The lowest BCUT2D eigenvalue weighted by Gasteiger charge is -2.19. The monoisotopic (exact) mass is 209 g/mol. The van der Waals surface area contributed by atoms with Crippen LogP contribution in [-0.2, 0) is 4.79 Å². The van der Waals surface area contributed by atoms with Crippen LogP contribution in [0.2, 0.25) is 0 Å². The van der Waals surface area contributed by atoms with E-state index in [0.717, 1.165) is 5.69 Å². The molecule has 0 radical (unpaired) electrons. The molecule has 82 valence electrons. The van der Waals surface area contributed by atoms with Crippen molar-refractivity contribution in [3.8, 4) is 0 Å². The summed E-state index contributed by atoms with van der Waals surface area (Å²) in [4.78, 5) is 20.7. The Morgan fingerprint density at radius 3 is 2.87 bits per heavy atom. The molecule has 5 heteroatoms. The standard InChI is InChI=1S/C10H15N3O2/c1-3-13(7-5-9(14)15)10-11-6-4-8(2)12-10/h4,6H,3,5,7H2,1-2H3,(H,14,15). The summed E-state index contributed by atoms with van der Waals surface area (Å²) in [5, 5.41) is 8.59. The van der Waals surface area contributed by atoms with Crippen LogP contribution in [0, 0.1) is 6.92 Å². The molecule has 5 nitrogen and oxygen atoms in total. The zero-order chi connectivity index (χ0) is 11.3.